The lowest BCUT2D eigenvalue weighted by atomic mass is 10.1. The van der Waals surface area contributed by atoms with Crippen molar-refractivity contribution in [2.45, 2.75) is 6.10 Å². The maximum atomic E-state index is 5.93. The normalized spacial score (nSPS) is 19.3. The summed E-state index contributed by atoms with van der Waals surface area (Å²) >= 11 is 5.93. The van der Waals surface area contributed by atoms with E-state index in [1.54, 1.807) is 0 Å². The number of aromatic nitrogens is 1. The van der Waals surface area contributed by atoms with Crippen molar-refractivity contribution in [1.29, 1.82) is 0 Å². The summed E-state index contributed by atoms with van der Waals surface area (Å²) in [5, 5.41) is 4.35. The molecule has 1 N–H and O–H groups in total. The highest BCUT2D eigenvalue weighted by Gasteiger charge is 2.21. The first kappa shape index (κ1) is 13.5. The van der Waals surface area contributed by atoms with Crippen molar-refractivity contribution < 1.29 is 4.74 Å². The Morgan fingerprint density at radius 1 is 1.45 bits per heavy atom. The second kappa shape index (κ2) is 5.85. The van der Waals surface area contributed by atoms with E-state index in [0.29, 0.717) is 12.5 Å². The summed E-state index contributed by atoms with van der Waals surface area (Å²) in [6, 6.07) is 8.32. The van der Waals surface area contributed by atoms with Gasteiger partial charge in [0.15, 0.2) is 0 Å². The van der Waals surface area contributed by atoms with Crippen molar-refractivity contribution in [1.82, 2.24) is 4.98 Å². The van der Waals surface area contributed by atoms with Crippen LogP contribution in [0.5, 0.6) is 0 Å². The topological polar surface area (TPSA) is 37.4 Å². The first-order chi connectivity index (χ1) is 9.83. The van der Waals surface area contributed by atoms with Gasteiger partial charge in [0.25, 0.3) is 0 Å². The lowest BCUT2D eigenvalue weighted by molar-refractivity contribution is 0.0555. The number of hydrogen-bond donors (Lipinski definition) is 1. The lowest BCUT2D eigenvalue weighted by Crippen LogP contribution is -2.43. The first-order valence-electron chi connectivity index (χ1n) is 6.81. The molecule has 2 aromatic rings. The lowest BCUT2D eigenvalue weighted by Gasteiger charge is -2.34. The molecule has 2 heterocycles. The van der Waals surface area contributed by atoms with Crippen LogP contribution < -0.4 is 10.2 Å². The van der Waals surface area contributed by atoms with Gasteiger partial charge in [0.1, 0.15) is 0 Å². The molecule has 0 bridgehead atoms. The second-order valence-electron chi connectivity index (χ2n) is 4.87. The van der Waals surface area contributed by atoms with Crippen LogP contribution in [0.4, 0.5) is 11.4 Å². The zero-order chi connectivity index (χ0) is 13.9. The van der Waals surface area contributed by atoms with Crippen LogP contribution in [0.1, 0.15) is 0 Å². The predicted molar refractivity (Wildman–Crippen MR) is 84.0 cm³/mol. The predicted octanol–water partition coefficient (Wildman–Crippen LogP) is 2.72. The molecule has 1 saturated heterocycles. The van der Waals surface area contributed by atoms with E-state index in [1.807, 2.05) is 19.3 Å². The van der Waals surface area contributed by atoms with Crippen LogP contribution in [0.3, 0.4) is 0 Å². The van der Waals surface area contributed by atoms with Crippen LogP contribution in [-0.2, 0) is 4.74 Å². The summed E-state index contributed by atoms with van der Waals surface area (Å²) < 4.78 is 5.63. The smallest absolute Gasteiger partial charge is 0.0953 e. The quantitative estimate of drug-likeness (QED) is 0.883. The van der Waals surface area contributed by atoms with Crippen LogP contribution in [0.2, 0.25) is 0 Å². The number of benzene rings is 1. The molecule has 1 aliphatic rings. The van der Waals surface area contributed by atoms with Gasteiger partial charge in [-0.3, -0.25) is 4.98 Å². The van der Waals surface area contributed by atoms with E-state index in [9.17, 15) is 0 Å². The highest BCUT2D eigenvalue weighted by atomic mass is 35.5. The van der Waals surface area contributed by atoms with E-state index < -0.39 is 0 Å². The summed E-state index contributed by atoms with van der Waals surface area (Å²) in [6.45, 7) is 2.43. The Balaban J connectivity index is 2.03. The Morgan fingerprint density at radius 3 is 3.15 bits per heavy atom. The zero-order valence-corrected chi connectivity index (χ0v) is 12.2. The number of hydrogen-bond acceptors (Lipinski definition) is 4. The number of anilines is 2. The fourth-order valence-corrected chi connectivity index (χ4v) is 2.85. The molecule has 3 rings (SSSR count). The number of alkyl halides is 1. The molecule has 1 aromatic carbocycles. The largest absolute Gasteiger partial charge is 0.386 e. The van der Waals surface area contributed by atoms with Crippen molar-refractivity contribution >= 4 is 33.9 Å². The van der Waals surface area contributed by atoms with Gasteiger partial charge in [-0.25, -0.2) is 0 Å². The standard InChI is InChI=1S/C15H18ClN3O/c1-17-13-4-5-14(12-3-2-6-18-15(12)13)19-7-8-20-11(9-16)10-19/h2-6,11,17H,7-10H2,1H3/t11-/m1/s1. The number of nitrogens with one attached hydrogen (secondary N) is 1. The van der Waals surface area contributed by atoms with Gasteiger partial charge in [0, 0.05) is 37.4 Å². The van der Waals surface area contributed by atoms with Crippen molar-refractivity contribution in [3.05, 3.63) is 30.5 Å². The molecular formula is C15H18ClN3O. The summed E-state index contributed by atoms with van der Waals surface area (Å²) in [7, 11) is 1.92. The molecular weight excluding hydrogens is 274 g/mol. The van der Waals surface area contributed by atoms with Crippen molar-refractivity contribution in [2.24, 2.45) is 0 Å². The number of rotatable bonds is 3. The Hall–Kier alpha value is -1.52. The number of fused-ring (bicyclic) bond motifs is 1. The van der Waals surface area contributed by atoms with Crippen LogP contribution in [-0.4, -0.2) is 43.7 Å². The molecule has 0 saturated carbocycles. The van der Waals surface area contributed by atoms with Crippen LogP contribution >= 0.6 is 11.6 Å². The number of pyridine rings is 1. The summed E-state index contributed by atoms with van der Waals surface area (Å²) in [5.74, 6) is 0.529. The summed E-state index contributed by atoms with van der Waals surface area (Å²) in [4.78, 5) is 6.83. The number of halogens is 1. The monoisotopic (exact) mass is 291 g/mol. The van der Waals surface area contributed by atoms with Crippen molar-refractivity contribution in [3.63, 3.8) is 0 Å². The third-order valence-electron chi connectivity index (χ3n) is 3.67. The maximum absolute atomic E-state index is 5.93. The van der Waals surface area contributed by atoms with Gasteiger partial charge in [0.05, 0.1) is 29.8 Å². The van der Waals surface area contributed by atoms with Crippen molar-refractivity contribution in [3.8, 4) is 0 Å². The second-order valence-corrected chi connectivity index (χ2v) is 5.18. The SMILES string of the molecule is CNc1ccc(N2CCO[C@H](CCl)C2)c2cccnc12. The minimum Gasteiger partial charge on any atom is -0.386 e. The molecule has 4 nitrogen and oxygen atoms in total. The highest BCUT2D eigenvalue weighted by Crippen LogP contribution is 2.31. The van der Waals surface area contributed by atoms with Gasteiger partial charge in [-0.1, -0.05) is 0 Å². The Labute approximate surface area is 123 Å². The zero-order valence-electron chi connectivity index (χ0n) is 11.5. The van der Waals surface area contributed by atoms with Crippen molar-refractivity contribution in [2.75, 3.05) is 42.8 Å². The molecule has 1 fully saturated rings. The minimum absolute atomic E-state index is 0.0983. The van der Waals surface area contributed by atoms with E-state index >= 15 is 0 Å². The third kappa shape index (κ3) is 2.41. The fraction of sp³-hybridized carbons (Fsp3) is 0.400. The number of nitrogens with zero attached hydrogens (tertiary/aromatic N) is 2. The summed E-state index contributed by atoms with van der Waals surface area (Å²) in [5.41, 5.74) is 3.25. The Kier molecular flexibility index (Phi) is 3.94. The molecule has 0 aliphatic carbocycles. The number of ether oxygens (including phenoxy) is 1. The van der Waals surface area contributed by atoms with Crippen LogP contribution in [0, 0.1) is 0 Å². The molecule has 1 aliphatic heterocycles. The van der Waals surface area contributed by atoms with Gasteiger partial charge < -0.3 is 15.0 Å². The highest BCUT2D eigenvalue weighted by molar-refractivity contribution is 6.18. The third-order valence-corrected chi connectivity index (χ3v) is 4.01. The number of morpholine rings is 1. The van der Waals surface area contributed by atoms with E-state index in [1.165, 1.54) is 5.69 Å². The summed E-state index contributed by atoms with van der Waals surface area (Å²) in [6.07, 6.45) is 1.93. The van der Waals surface area contributed by atoms with E-state index in [0.717, 1.165) is 29.7 Å². The molecule has 20 heavy (non-hydrogen) atoms. The average molecular weight is 292 g/mol. The van der Waals surface area contributed by atoms with Gasteiger partial charge >= 0.3 is 0 Å². The molecule has 0 radical (unpaired) electrons. The molecule has 0 spiro atoms. The van der Waals surface area contributed by atoms with Gasteiger partial charge in [-0.15, -0.1) is 11.6 Å². The van der Waals surface area contributed by atoms with Gasteiger partial charge in [0.2, 0.25) is 0 Å². The van der Waals surface area contributed by atoms with Gasteiger partial charge in [-0.2, -0.15) is 0 Å². The molecule has 0 unspecified atom stereocenters. The molecule has 106 valence electrons. The van der Waals surface area contributed by atoms with E-state index in [-0.39, 0.29) is 6.10 Å². The first-order valence-corrected chi connectivity index (χ1v) is 7.35. The minimum atomic E-state index is 0.0983. The average Bonchev–Trinajstić information content (AvgIpc) is 2.54. The van der Waals surface area contributed by atoms with Crippen LogP contribution in [0.25, 0.3) is 10.9 Å². The van der Waals surface area contributed by atoms with Gasteiger partial charge in [-0.05, 0) is 24.3 Å². The fourth-order valence-electron chi connectivity index (χ4n) is 2.67. The Morgan fingerprint density at radius 2 is 2.35 bits per heavy atom. The van der Waals surface area contributed by atoms with E-state index in [2.05, 4.69) is 33.4 Å². The van der Waals surface area contributed by atoms with Crippen LogP contribution in [0.15, 0.2) is 30.5 Å². The Bertz CT molecular complexity index is 605. The molecule has 0 amide bonds. The van der Waals surface area contributed by atoms with E-state index in [4.69, 9.17) is 16.3 Å². The molecule has 5 heteroatoms. The maximum Gasteiger partial charge on any atom is 0.0953 e. The molecule has 1 aromatic heterocycles. The molecule has 1 atom stereocenters.